The zero-order chi connectivity index (χ0) is 22.5. The van der Waals surface area contributed by atoms with Crippen LogP contribution in [0.4, 0.5) is 11.5 Å². The van der Waals surface area contributed by atoms with Crippen molar-refractivity contribution in [2.75, 3.05) is 30.8 Å². The summed E-state index contributed by atoms with van der Waals surface area (Å²) in [6.45, 7) is 3.05. The van der Waals surface area contributed by atoms with Gasteiger partial charge in [0.1, 0.15) is 22.8 Å². The quantitative estimate of drug-likeness (QED) is 0.330. The third-order valence-corrected chi connectivity index (χ3v) is 6.00. The molecule has 3 N–H and O–H groups in total. The zero-order valence-corrected chi connectivity index (χ0v) is 19.0. The summed E-state index contributed by atoms with van der Waals surface area (Å²) in [5.41, 5.74) is 2.89. The number of halogens is 1. The molecule has 1 aromatic carbocycles. The molecule has 0 fully saturated rings. The topological polar surface area (TPSA) is 118 Å². The van der Waals surface area contributed by atoms with Gasteiger partial charge in [-0.3, -0.25) is 9.51 Å². The third kappa shape index (κ3) is 4.92. The molecule has 3 aromatic heterocycles. The molecular formula is C21H21ClN6O3S. The molecule has 0 aliphatic rings. The van der Waals surface area contributed by atoms with Crippen molar-refractivity contribution in [1.29, 1.82) is 0 Å². The summed E-state index contributed by atoms with van der Waals surface area (Å²) >= 11 is 7.47. The molecule has 0 amide bonds. The fourth-order valence-corrected chi connectivity index (χ4v) is 4.35. The van der Waals surface area contributed by atoms with Gasteiger partial charge in [0.25, 0.3) is 0 Å². The molecule has 0 unspecified atom stereocenters. The standard InChI is InChI=1S/C21H21ClN6O3S/c1-3-30-16-10-17(32-19(16)20-27-21(29)31-28-20)15-9-18(26-11-25-15)24-7-6-12-4-5-13(22)8-14(12)23-2/h4-5,8-11,23H,3,6-7H2,1-2H3,(H,24,25,26)(H,27,28,29). The van der Waals surface area contributed by atoms with E-state index in [1.807, 2.05) is 44.3 Å². The minimum absolute atomic E-state index is 0.324. The third-order valence-electron chi connectivity index (χ3n) is 4.61. The van der Waals surface area contributed by atoms with Crippen molar-refractivity contribution in [3.05, 3.63) is 57.8 Å². The van der Waals surface area contributed by atoms with E-state index >= 15 is 0 Å². The first kappa shape index (κ1) is 21.8. The van der Waals surface area contributed by atoms with Gasteiger partial charge in [-0.2, -0.15) is 0 Å². The summed E-state index contributed by atoms with van der Waals surface area (Å²) in [4.78, 5) is 24.1. The van der Waals surface area contributed by atoms with Crippen LogP contribution >= 0.6 is 22.9 Å². The SMILES string of the molecule is CCOc1cc(-c2cc(NCCc3ccc(Cl)cc3NC)ncn2)sc1-c1noc(=O)[nH]1. The number of rotatable bonds is 9. The molecule has 4 aromatic rings. The molecule has 0 saturated carbocycles. The Hall–Kier alpha value is -3.37. The van der Waals surface area contributed by atoms with Crippen molar-refractivity contribution in [1.82, 2.24) is 20.1 Å². The van der Waals surface area contributed by atoms with Crippen LogP contribution in [-0.2, 0) is 6.42 Å². The molecule has 9 nitrogen and oxygen atoms in total. The number of benzene rings is 1. The van der Waals surface area contributed by atoms with E-state index in [1.165, 1.54) is 17.7 Å². The number of hydrogen-bond donors (Lipinski definition) is 3. The zero-order valence-electron chi connectivity index (χ0n) is 17.4. The Kier molecular flexibility index (Phi) is 6.72. The van der Waals surface area contributed by atoms with Crippen molar-refractivity contribution in [3.63, 3.8) is 0 Å². The van der Waals surface area contributed by atoms with Crippen LogP contribution in [0.2, 0.25) is 5.02 Å². The maximum absolute atomic E-state index is 11.4. The summed E-state index contributed by atoms with van der Waals surface area (Å²) in [5.74, 6) is 1.02. The number of nitrogens with one attached hydrogen (secondary N) is 3. The molecule has 3 heterocycles. The molecule has 0 spiro atoms. The normalized spacial score (nSPS) is 10.8. The Morgan fingerprint density at radius 2 is 2.12 bits per heavy atom. The van der Waals surface area contributed by atoms with Crippen molar-refractivity contribution in [2.45, 2.75) is 13.3 Å². The maximum atomic E-state index is 11.4. The maximum Gasteiger partial charge on any atom is 0.439 e. The lowest BCUT2D eigenvalue weighted by atomic mass is 10.1. The Morgan fingerprint density at radius 1 is 1.25 bits per heavy atom. The van der Waals surface area contributed by atoms with Crippen LogP contribution in [0.15, 0.2) is 46.0 Å². The number of aromatic amines is 1. The van der Waals surface area contributed by atoms with Gasteiger partial charge in [-0.15, -0.1) is 11.3 Å². The first-order chi connectivity index (χ1) is 15.6. The van der Waals surface area contributed by atoms with Crippen LogP contribution < -0.4 is 21.1 Å². The van der Waals surface area contributed by atoms with Gasteiger partial charge in [-0.05, 0) is 31.0 Å². The minimum Gasteiger partial charge on any atom is -0.492 e. The van der Waals surface area contributed by atoms with Crippen LogP contribution in [0, 0.1) is 0 Å². The van der Waals surface area contributed by atoms with Crippen LogP contribution in [0.3, 0.4) is 0 Å². The van der Waals surface area contributed by atoms with Gasteiger partial charge in [0, 0.05) is 36.4 Å². The molecule has 0 aliphatic heterocycles. The molecule has 0 aliphatic carbocycles. The van der Waals surface area contributed by atoms with E-state index in [0.717, 1.165) is 28.2 Å². The van der Waals surface area contributed by atoms with Crippen molar-refractivity contribution in [3.8, 4) is 27.0 Å². The number of H-pyrrole nitrogens is 1. The van der Waals surface area contributed by atoms with Gasteiger partial charge in [-0.25, -0.2) is 14.8 Å². The van der Waals surface area contributed by atoms with Crippen LogP contribution in [0.25, 0.3) is 21.3 Å². The predicted octanol–water partition coefficient (Wildman–Crippen LogP) is 4.30. The van der Waals surface area contributed by atoms with Crippen molar-refractivity contribution >= 4 is 34.4 Å². The second kappa shape index (κ2) is 9.84. The van der Waals surface area contributed by atoms with Gasteiger partial charge >= 0.3 is 5.76 Å². The molecule has 166 valence electrons. The lowest BCUT2D eigenvalue weighted by Crippen LogP contribution is -2.08. The van der Waals surface area contributed by atoms with Gasteiger partial charge in [-0.1, -0.05) is 22.8 Å². The van der Waals surface area contributed by atoms with E-state index in [2.05, 4.69) is 35.3 Å². The number of hydrogen-bond acceptors (Lipinski definition) is 9. The minimum atomic E-state index is -0.618. The molecule has 0 bridgehead atoms. The summed E-state index contributed by atoms with van der Waals surface area (Å²) in [7, 11) is 1.87. The number of aromatic nitrogens is 4. The second-order valence-corrected chi connectivity index (χ2v) is 8.19. The Balaban J connectivity index is 1.51. The predicted molar refractivity (Wildman–Crippen MR) is 126 cm³/mol. The van der Waals surface area contributed by atoms with Gasteiger partial charge in [0.2, 0.25) is 0 Å². The highest BCUT2D eigenvalue weighted by molar-refractivity contribution is 7.19. The highest BCUT2D eigenvalue weighted by Crippen LogP contribution is 2.41. The fourth-order valence-electron chi connectivity index (χ4n) is 3.17. The van der Waals surface area contributed by atoms with E-state index in [1.54, 1.807) is 0 Å². The van der Waals surface area contributed by atoms with Crippen LogP contribution in [-0.4, -0.2) is 40.3 Å². The highest BCUT2D eigenvalue weighted by atomic mass is 35.5. The molecule has 11 heteroatoms. The van der Waals surface area contributed by atoms with Crippen molar-refractivity contribution in [2.24, 2.45) is 0 Å². The Bertz CT molecular complexity index is 1270. The van der Waals surface area contributed by atoms with Crippen molar-refractivity contribution < 1.29 is 9.26 Å². The lowest BCUT2D eigenvalue weighted by Gasteiger charge is -2.11. The summed E-state index contributed by atoms with van der Waals surface area (Å²) in [5, 5.41) is 11.0. The molecule has 0 radical (unpaired) electrons. The second-order valence-electron chi connectivity index (χ2n) is 6.70. The first-order valence-electron chi connectivity index (χ1n) is 9.93. The number of ether oxygens (including phenoxy) is 1. The summed E-state index contributed by atoms with van der Waals surface area (Å²) in [6.07, 6.45) is 2.31. The molecule has 32 heavy (non-hydrogen) atoms. The van der Waals surface area contributed by atoms with E-state index in [9.17, 15) is 4.79 Å². The molecule has 4 rings (SSSR count). The fraction of sp³-hybridized carbons (Fsp3) is 0.238. The van der Waals surface area contributed by atoms with E-state index in [4.69, 9.17) is 16.3 Å². The van der Waals surface area contributed by atoms with E-state index in [-0.39, 0.29) is 0 Å². The van der Waals surface area contributed by atoms with Gasteiger partial charge < -0.3 is 15.4 Å². The number of thiophene rings is 1. The summed E-state index contributed by atoms with van der Waals surface area (Å²) in [6, 6.07) is 9.55. The first-order valence-corrected chi connectivity index (χ1v) is 11.1. The monoisotopic (exact) mass is 472 g/mol. The lowest BCUT2D eigenvalue weighted by molar-refractivity contribution is 0.342. The molecular weight excluding hydrogens is 452 g/mol. The molecule has 0 atom stereocenters. The Morgan fingerprint density at radius 3 is 2.88 bits per heavy atom. The van der Waals surface area contributed by atoms with Gasteiger partial charge in [0.05, 0.1) is 17.2 Å². The number of anilines is 2. The largest absolute Gasteiger partial charge is 0.492 e. The van der Waals surface area contributed by atoms with E-state index in [0.29, 0.717) is 40.4 Å². The number of nitrogens with zero attached hydrogens (tertiary/aromatic N) is 3. The average Bonchev–Trinajstić information content (AvgIpc) is 3.41. The average molecular weight is 473 g/mol. The van der Waals surface area contributed by atoms with Crippen LogP contribution in [0.5, 0.6) is 5.75 Å². The highest BCUT2D eigenvalue weighted by Gasteiger charge is 2.18. The summed E-state index contributed by atoms with van der Waals surface area (Å²) < 4.78 is 10.3. The van der Waals surface area contributed by atoms with Crippen LogP contribution in [0.1, 0.15) is 12.5 Å². The molecule has 0 saturated heterocycles. The Labute approximate surface area is 192 Å². The van der Waals surface area contributed by atoms with E-state index < -0.39 is 5.76 Å². The van der Waals surface area contributed by atoms with Gasteiger partial charge in [0.15, 0.2) is 5.82 Å². The smallest absolute Gasteiger partial charge is 0.439 e.